The SMILES string of the molecule is C=C1C2=C(C)[C@]3(C)C(=O)C(C(C)=O)=C(O)C[C@]3(C)C[C@]2(C)Cc2c(-c3ccc(C4C=CC=C4)cc3)ccc(C)c21. The second-order valence-corrected chi connectivity index (χ2v) is 13.2. The highest BCUT2D eigenvalue weighted by molar-refractivity contribution is 6.23. The first-order valence-corrected chi connectivity index (χ1v) is 14.3. The summed E-state index contributed by atoms with van der Waals surface area (Å²) in [6.07, 6.45) is 10.5. The molecule has 0 aliphatic heterocycles. The van der Waals surface area contributed by atoms with Crippen molar-refractivity contribution in [2.24, 2.45) is 16.2 Å². The van der Waals surface area contributed by atoms with Gasteiger partial charge in [0.15, 0.2) is 11.6 Å². The van der Waals surface area contributed by atoms with E-state index in [1.54, 1.807) is 0 Å². The van der Waals surface area contributed by atoms with Crippen LogP contribution in [-0.4, -0.2) is 16.7 Å². The quantitative estimate of drug-likeness (QED) is 0.405. The predicted molar refractivity (Wildman–Crippen MR) is 162 cm³/mol. The highest BCUT2D eigenvalue weighted by Gasteiger charge is 2.63. The first-order chi connectivity index (χ1) is 18.8. The van der Waals surface area contributed by atoms with Gasteiger partial charge < -0.3 is 5.11 Å². The molecule has 4 aliphatic carbocycles. The van der Waals surface area contributed by atoms with Crippen molar-refractivity contribution < 1.29 is 14.7 Å². The van der Waals surface area contributed by atoms with E-state index in [9.17, 15) is 14.7 Å². The number of aliphatic hydroxyl groups excluding tert-OH is 1. The van der Waals surface area contributed by atoms with Crippen LogP contribution in [0.2, 0.25) is 0 Å². The summed E-state index contributed by atoms with van der Waals surface area (Å²) in [5.74, 6) is -0.346. The van der Waals surface area contributed by atoms with Gasteiger partial charge in [-0.1, -0.05) is 86.7 Å². The zero-order valence-electron chi connectivity index (χ0n) is 24.4. The highest BCUT2D eigenvalue weighted by atomic mass is 16.3. The minimum Gasteiger partial charge on any atom is -0.511 e. The fourth-order valence-electron chi connectivity index (χ4n) is 8.60. The van der Waals surface area contributed by atoms with Crippen LogP contribution in [0.4, 0.5) is 0 Å². The molecule has 2 aromatic carbocycles. The standard InChI is InChI=1S/C37H38O3/c1-21-12-17-28(27-15-13-26(14-16-27)25-10-8-9-11-25)29-18-35(5)20-36(6)19-30(39)32(24(4)38)34(40)37(36,7)23(3)33(35)22(2)31(21)29/h8-17,25,39H,2,18-20H2,1,3-7H3/t35-,36+,37+/m0/s1. The van der Waals surface area contributed by atoms with Crippen LogP contribution < -0.4 is 0 Å². The molecule has 0 amide bonds. The van der Waals surface area contributed by atoms with Crippen LogP contribution >= 0.6 is 0 Å². The predicted octanol–water partition coefficient (Wildman–Crippen LogP) is 8.55. The van der Waals surface area contributed by atoms with Crippen LogP contribution in [0.1, 0.15) is 75.6 Å². The molecule has 0 radical (unpaired) electrons. The van der Waals surface area contributed by atoms with Crippen LogP contribution in [0.25, 0.3) is 16.7 Å². The lowest BCUT2D eigenvalue weighted by atomic mass is 9.43. The van der Waals surface area contributed by atoms with Gasteiger partial charge in [0.25, 0.3) is 0 Å². The van der Waals surface area contributed by atoms with Crippen molar-refractivity contribution in [2.75, 3.05) is 0 Å². The zero-order chi connectivity index (χ0) is 28.8. The molecular formula is C37H38O3. The first kappa shape index (κ1) is 26.5. The van der Waals surface area contributed by atoms with E-state index in [0.29, 0.717) is 12.3 Å². The van der Waals surface area contributed by atoms with E-state index in [1.165, 1.54) is 40.3 Å². The summed E-state index contributed by atoms with van der Waals surface area (Å²) in [6.45, 7) is 16.6. The molecule has 4 aliphatic rings. The number of fused-ring (bicyclic) bond motifs is 3. The van der Waals surface area contributed by atoms with Gasteiger partial charge in [-0.3, -0.25) is 9.59 Å². The van der Waals surface area contributed by atoms with Crippen LogP contribution in [0.15, 0.2) is 89.8 Å². The molecule has 3 nitrogen and oxygen atoms in total. The van der Waals surface area contributed by atoms with Gasteiger partial charge in [0.1, 0.15) is 5.76 Å². The number of rotatable bonds is 3. The molecule has 40 heavy (non-hydrogen) atoms. The zero-order valence-corrected chi connectivity index (χ0v) is 24.4. The summed E-state index contributed by atoms with van der Waals surface area (Å²) in [7, 11) is 0. The number of aliphatic hydroxyl groups is 1. The van der Waals surface area contributed by atoms with Crippen molar-refractivity contribution in [3.05, 3.63) is 112 Å². The minimum absolute atomic E-state index is 0.0316. The van der Waals surface area contributed by atoms with Gasteiger partial charge in [-0.2, -0.15) is 0 Å². The lowest BCUT2D eigenvalue weighted by molar-refractivity contribution is -0.135. The number of Topliss-reactive ketones (excluding diaryl/α,β-unsaturated/α-hetero) is 2. The summed E-state index contributed by atoms with van der Waals surface area (Å²) in [6, 6.07) is 13.3. The van der Waals surface area contributed by atoms with E-state index >= 15 is 0 Å². The molecule has 0 spiro atoms. The number of benzene rings is 2. The molecule has 3 heteroatoms. The van der Waals surface area contributed by atoms with Crippen LogP contribution in [0, 0.1) is 23.2 Å². The Balaban J connectivity index is 1.51. The van der Waals surface area contributed by atoms with Crippen molar-refractivity contribution in [2.45, 2.75) is 66.7 Å². The first-order valence-electron chi connectivity index (χ1n) is 14.3. The average molecular weight is 531 g/mol. The van der Waals surface area contributed by atoms with Crippen molar-refractivity contribution in [3.63, 3.8) is 0 Å². The van der Waals surface area contributed by atoms with Gasteiger partial charge in [-0.05, 0) is 95.9 Å². The van der Waals surface area contributed by atoms with E-state index in [-0.39, 0.29) is 28.3 Å². The molecule has 204 valence electrons. The largest absolute Gasteiger partial charge is 0.511 e. The Morgan fingerprint density at radius 3 is 2.25 bits per heavy atom. The lowest BCUT2D eigenvalue weighted by Gasteiger charge is -2.59. The molecule has 0 fully saturated rings. The number of aryl methyl sites for hydroxylation is 1. The smallest absolute Gasteiger partial charge is 0.180 e. The number of ketones is 2. The van der Waals surface area contributed by atoms with Crippen molar-refractivity contribution in [1.82, 2.24) is 0 Å². The number of hydrogen-bond donors (Lipinski definition) is 1. The number of allylic oxidation sites excluding steroid dienone is 9. The van der Waals surface area contributed by atoms with Crippen LogP contribution in [-0.2, 0) is 16.0 Å². The molecule has 0 aromatic heterocycles. The maximum absolute atomic E-state index is 14.0. The Kier molecular flexibility index (Phi) is 5.72. The van der Waals surface area contributed by atoms with Crippen molar-refractivity contribution >= 4 is 17.1 Å². The number of carbonyl (C=O) groups excluding carboxylic acids is 2. The van der Waals surface area contributed by atoms with E-state index in [4.69, 9.17) is 0 Å². The third kappa shape index (κ3) is 3.43. The fraction of sp³-hybridized carbons (Fsp3) is 0.351. The van der Waals surface area contributed by atoms with Crippen molar-refractivity contribution in [3.8, 4) is 11.1 Å². The molecule has 2 aromatic rings. The van der Waals surface area contributed by atoms with E-state index in [0.717, 1.165) is 29.6 Å². The molecule has 0 unspecified atom stereocenters. The summed E-state index contributed by atoms with van der Waals surface area (Å²) in [5, 5.41) is 10.9. The second kappa shape index (κ2) is 8.64. The lowest BCUT2D eigenvalue weighted by Crippen LogP contribution is -2.56. The Morgan fingerprint density at radius 1 is 0.975 bits per heavy atom. The van der Waals surface area contributed by atoms with Gasteiger partial charge in [0.2, 0.25) is 0 Å². The van der Waals surface area contributed by atoms with Gasteiger partial charge in [0, 0.05) is 12.3 Å². The Morgan fingerprint density at radius 2 is 1.62 bits per heavy atom. The fourth-order valence-corrected chi connectivity index (χ4v) is 8.60. The van der Waals surface area contributed by atoms with Gasteiger partial charge in [-0.25, -0.2) is 0 Å². The Hall–Kier alpha value is -3.72. The normalized spacial score (nSPS) is 29.6. The summed E-state index contributed by atoms with van der Waals surface area (Å²) >= 11 is 0. The van der Waals surface area contributed by atoms with Crippen molar-refractivity contribution in [1.29, 1.82) is 0 Å². The van der Waals surface area contributed by atoms with Gasteiger partial charge in [0.05, 0.1) is 11.0 Å². The molecule has 3 atom stereocenters. The maximum Gasteiger partial charge on any atom is 0.180 e. The van der Waals surface area contributed by atoms with Crippen LogP contribution in [0.3, 0.4) is 0 Å². The molecule has 6 rings (SSSR count). The molecule has 0 saturated carbocycles. The summed E-state index contributed by atoms with van der Waals surface area (Å²) < 4.78 is 0. The average Bonchev–Trinajstić information content (AvgIpc) is 3.41. The van der Waals surface area contributed by atoms with E-state index in [2.05, 4.69) is 95.0 Å². The second-order valence-electron chi connectivity index (χ2n) is 13.2. The van der Waals surface area contributed by atoms with E-state index < -0.39 is 10.8 Å². The monoisotopic (exact) mass is 530 g/mol. The topological polar surface area (TPSA) is 54.4 Å². The molecule has 0 bridgehead atoms. The molecule has 0 saturated heterocycles. The van der Waals surface area contributed by atoms with E-state index in [1.807, 2.05) is 6.92 Å². The summed E-state index contributed by atoms with van der Waals surface area (Å²) in [5.41, 5.74) is 8.77. The van der Waals surface area contributed by atoms with Gasteiger partial charge >= 0.3 is 0 Å². The third-order valence-electron chi connectivity index (χ3n) is 10.6. The molecule has 0 heterocycles. The molecular weight excluding hydrogens is 492 g/mol. The number of carbonyl (C=O) groups is 2. The van der Waals surface area contributed by atoms with Gasteiger partial charge in [-0.15, -0.1) is 0 Å². The minimum atomic E-state index is -0.889. The maximum atomic E-state index is 14.0. The third-order valence-corrected chi connectivity index (χ3v) is 10.6. The number of hydrogen-bond acceptors (Lipinski definition) is 3. The Bertz CT molecular complexity index is 1630. The highest BCUT2D eigenvalue weighted by Crippen LogP contribution is 2.68. The summed E-state index contributed by atoms with van der Waals surface area (Å²) in [4.78, 5) is 26.5. The molecule has 1 N–H and O–H groups in total. The Labute approximate surface area is 237 Å². The van der Waals surface area contributed by atoms with Crippen LogP contribution in [0.5, 0.6) is 0 Å².